The Labute approximate surface area is 143 Å². The zero-order valence-electron chi connectivity index (χ0n) is 13.7. The van der Waals surface area contributed by atoms with Crippen LogP contribution in [0.25, 0.3) is 11.7 Å². The third-order valence-corrected chi connectivity index (χ3v) is 6.37. The van der Waals surface area contributed by atoms with Crippen molar-refractivity contribution in [2.24, 2.45) is 0 Å². The Morgan fingerprint density at radius 3 is 2.76 bits per heavy atom. The van der Waals surface area contributed by atoms with Crippen LogP contribution in [-0.2, 0) is 10.0 Å². The summed E-state index contributed by atoms with van der Waals surface area (Å²) in [6.45, 7) is 3.87. The first-order chi connectivity index (χ1) is 12.0. The van der Waals surface area contributed by atoms with Gasteiger partial charge in [-0.15, -0.1) is 0 Å². The molecule has 25 heavy (non-hydrogen) atoms. The van der Waals surface area contributed by atoms with Crippen LogP contribution in [0.4, 0.5) is 0 Å². The minimum atomic E-state index is -3.66. The maximum atomic E-state index is 12.9. The molecule has 0 aliphatic carbocycles. The summed E-state index contributed by atoms with van der Waals surface area (Å²) in [6.07, 6.45) is 2.13. The first-order valence-corrected chi connectivity index (χ1v) is 9.21. The molecular weight excluding hydrogens is 348 g/mol. The summed E-state index contributed by atoms with van der Waals surface area (Å²) in [6, 6.07) is 3.45. The van der Waals surface area contributed by atoms with E-state index in [-0.39, 0.29) is 23.2 Å². The summed E-state index contributed by atoms with van der Waals surface area (Å²) in [5.41, 5.74) is 0.362. The van der Waals surface area contributed by atoms with E-state index >= 15 is 0 Å². The van der Waals surface area contributed by atoms with Crippen LogP contribution in [0.3, 0.4) is 0 Å². The largest absolute Gasteiger partial charge is 0.459 e. The molecule has 3 aromatic heterocycles. The lowest BCUT2D eigenvalue weighted by Crippen LogP contribution is -2.29. The zero-order valence-corrected chi connectivity index (χ0v) is 14.5. The molecule has 1 aliphatic heterocycles. The Bertz CT molecular complexity index is 970. The van der Waals surface area contributed by atoms with Crippen molar-refractivity contribution >= 4 is 10.0 Å². The predicted octanol–water partition coefficient (Wildman–Crippen LogP) is 2.11. The number of sulfonamides is 1. The molecule has 0 spiro atoms. The molecule has 0 aromatic carbocycles. The van der Waals surface area contributed by atoms with Crippen LogP contribution in [0.2, 0.25) is 0 Å². The normalized spacial score (nSPS) is 18.9. The second kappa shape index (κ2) is 5.81. The number of nitrogens with zero attached hydrogens (tertiary/aromatic N) is 4. The SMILES string of the molecule is Cc1noc(C)c1S(=O)(=O)N1CC[C@@H](c2noc(-c3ccco3)n2)C1. The molecule has 0 N–H and O–H groups in total. The van der Waals surface area contributed by atoms with Crippen molar-refractivity contribution in [3.63, 3.8) is 0 Å². The number of rotatable bonds is 4. The van der Waals surface area contributed by atoms with Gasteiger partial charge in [0.2, 0.25) is 10.0 Å². The first-order valence-electron chi connectivity index (χ1n) is 7.77. The van der Waals surface area contributed by atoms with Gasteiger partial charge in [-0.05, 0) is 32.4 Å². The van der Waals surface area contributed by atoms with E-state index in [2.05, 4.69) is 15.3 Å². The van der Waals surface area contributed by atoms with Gasteiger partial charge in [0.15, 0.2) is 17.3 Å². The van der Waals surface area contributed by atoms with Crippen molar-refractivity contribution in [1.82, 2.24) is 19.6 Å². The Morgan fingerprint density at radius 1 is 1.24 bits per heavy atom. The van der Waals surface area contributed by atoms with Crippen LogP contribution < -0.4 is 0 Å². The quantitative estimate of drug-likeness (QED) is 0.691. The summed E-state index contributed by atoms with van der Waals surface area (Å²) < 4.78 is 42.5. The van der Waals surface area contributed by atoms with E-state index in [0.29, 0.717) is 36.0 Å². The molecule has 1 fully saturated rings. The fourth-order valence-corrected chi connectivity index (χ4v) is 4.82. The minimum absolute atomic E-state index is 0.136. The van der Waals surface area contributed by atoms with Crippen molar-refractivity contribution in [2.45, 2.75) is 31.1 Å². The van der Waals surface area contributed by atoms with Gasteiger partial charge in [-0.2, -0.15) is 9.29 Å². The highest BCUT2D eigenvalue weighted by Crippen LogP contribution is 2.32. The highest BCUT2D eigenvalue weighted by Gasteiger charge is 2.38. The fraction of sp³-hybridized carbons (Fsp3) is 0.400. The van der Waals surface area contributed by atoms with E-state index in [9.17, 15) is 8.42 Å². The van der Waals surface area contributed by atoms with E-state index in [1.54, 1.807) is 26.0 Å². The number of aromatic nitrogens is 3. The summed E-state index contributed by atoms with van der Waals surface area (Å²) in [5, 5.41) is 7.70. The maximum Gasteiger partial charge on any atom is 0.293 e. The molecular formula is C15H16N4O5S. The minimum Gasteiger partial charge on any atom is -0.459 e. The molecule has 0 bridgehead atoms. The molecule has 10 heteroatoms. The van der Waals surface area contributed by atoms with Gasteiger partial charge in [-0.3, -0.25) is 0 Å². The monoisotopic (exact) mass is 364 g/mol. The van der Waals surface area contributed by atoms with Gasteiger partial charge in [0.25, 0.3) is 5.89 Å². The number of aryl methyl sites for hydroxylation is 2. The van der Waals surface area contributed by atoms with Gasteiger partial charge in [-0.1, -0.05) is 10.3 Å². The molecule has 1 aliphatic rings. The molecule has 0 radical (unpaired) electrons. The Hall–Kier alpha value is -2.46. The van der Waals surface area contributed by atoms with Crippen LogP contribution >= 0.6 is 0 Å². The predicted molar refractivity (Wildman–Crippen MR) is 84.1 cm³/mol. The second-order valence-electron chi connectivity index (χ2n) is 5.94. The highest BCUT2D eigenvalue weighted by molar-refractivity contribution is 7.89. The fourth-order valence-electron chi connectivity index (χ4n) is 3.03. The van der Waals surface area contributed by atoms with Gasteiger partial charge in [0.05, 0.1) is 6.26 Å². The Balaban J connectivity index is 1.56. The van der Waals surface area contributed by atoms with Gasteiger partial charge in [0, 0.05) is 19.0 Å². The molecule has 0 amide bonds. The lowest BCUT2D eigenvalue weighted by molar-refractivity contribution is 0.389. The number of hydrogen-bond acceptors (Lipinski definition) is 8. The third kappa shape index (κ3) is 2.67. The van der Waals surface area contributed by atoms with E-state index in [0.717, 1.165) is 0 Å². The molecule has 3 aromatic rings. The van der Waals surface area contributed by atoms with Crippen LogP contribution in [0.1, 0.15) is 29.6 Å². The van der Waals surface area contributed by atoms with Crippen molar-refractivity contribution in [2.75, 3.05) is 13.1 Å². The summed E-state index contributed by atoms with van der Waals surface area (Å²) in [7, 11) is -3.66. The van der Waals surface area contributed by atoms with Crippen LogP contribution in [0.15, 0.2) is 36.8 Å². The molecule has 0 saturated carbocycles. The van der Waals surface area contributed by atoms with Crippen LogP contribution in [0, 0.1) is 13.8 Å². The Kier molecular flexibility index (Phi) is 3.73. The van der Waals surface area contributed by atoms with Crippen molar-refractivity contribution in [3.8, 4) is 11.7 Å². The first kappa shape index (κ1) is 16.0. The van der Waals surface area contributed by atoms with Crippen LogP contribution in [-0.4, -0.2) is 41.1 Å². The number of furan rings is 1. The highest BCUT2D eigenvalue weighted by atomic mass is 32.2. The van der Waals surface area contributed by atoms with E-state index < -0.39 is 10.0 Å². The van der Waals surface area contributed by atoms with Gasteiger partial charge >= 0.3 is 0 Å². The van der Waals surface area contributed by atoms with Crippen molar-refractivity contribution in [3.05, 3.63) is 35.7 Å². The smallest absolute Gasteiger partial charge is 0.293 e. The lowest BCUT2D eigenvalue weighted by Gasteiger charge is -2.15. The molecule has 4 heterocycles. The lowest BCUT2D eigenvalue weighted by atomic mass is 10.1. The third-order valence-electron chi connectivity index (χ3n) is 4.26. The second-order valence-corrected chi connectivity index (χ2v) is 7.81. The van der Waals surface area contributed by atoms with E-state index in [1.807, 2.05) is 0 Å². The average molecular weight is 364 g/mol. The zero-order chi connectivity index (χ0) is 17.6. The summed E-state index contributed by atoms with van der Waals surface area (Å²) in [5.74, 6) is 1.40. The molecule has 0 unspecified atom stereocenters. The van der Waals surface area contributed by atoms with Crippen molar-refractivity contribution in [1.29, 1.82) is 0 Å². The number of hydrogen-bond donors (Lipinski definition) is 0. The van der Waals surface area contributed by atoms with Crippen LogP contribution in [0.5, 0.6) is 0 Å². The summed E-state index contributed by atoms with van der Waals surface area (Å²) in [4.78, 5) is 4.46. The van der Waals surface area contributed by atoms with Crippen molar-refractivity contribution < 1.29 is 21.9 Å². The molecule has 9 nitrogen and oxygen atoms in total. The molecule has 132 valence electrons. The van der Waals surface area contributed by atoms with E-state index in [1.165, 1.54) is 10.6 Å². The van der Waals surface area contributed by atoms with Gasteiger partial charge < -0.3 is 13.5 Å². The summed E-state index contributed by atoms with van der Waals surface area (Å²) >= 11 is 0. The van der Waals surface area contributed by atoms with Gasteiger partial charge in [0.1, 0.15) is 10.6 Å². The molecule has 1 saturated heterocycles. The average Bonchev–Trinajstić information content (AvgIpc) is 3.35. The van der Waals surface area contributed by atoms with E-state index in [4.69, 9.17) is 13.5 Å². The maximum absolute atomic E-state index is 12.9. The van der Waals surface area contributed by atoms with Gasteiger partial charge in [-0.25, -0.2) is 8.42 Å². The Morgan fingerprint density at radius 2 is 2.08 bits per heavy atom. The molecule has 4 rings (SSSR count). The topological polar surface area (TPSA) is 115 Å². The standard InChI is InChI=1S/C15H16N4O5S/c1-9-13(10(2)23-17-9)25(20,21)19-6-5-11(8-19)14-16-15(24-18-14)12-4-3-7-22-12/h3-4,7,11H,5-6,8H2,1-2H3/t11-/m1/s1. The molecule has 1 atom stereocenters.